The van der Waals surface area contributed by atoms with E-state index in [0.29, 0.717) is 18.3 Å². The fraction of sp³-hybridized carbons (Fsp3) is 0.444. The largest absolute Gasteiger partial charge is 0.368 e. The summed E-state index contributed by atoms with van der Waals surface area (Å²) in [5, 5.41) is 17.4. The average Bonchev–Trinajstić information content (AvgIpc) is 3.52. The number of carbonyl (C=O) groups excluding carboxylic acids is 1. The number of aryl methyl sites for hydroxylation is 1. The fourth-order valence-corrected chi connectivity index (χ4v) is 5.64. The Bertz CT molecular complexity index is 1340. The van der Waals surface area contributed by atoms with E-state index in [0.717, 1.165) is 42.5 Å². The number of H-pyrrole nitrogens is 1. The summed E-state index contributed by atoms with van der Waals surface area (Å²) in [4.78, 5) is 26.2. The molecule has 188 valence electrons. The number of allylic oxidation sites excluding steroid dienone is 2. The Hall–Kier alpha value is -3.75. The molecule has 9 heteroatoms. The molecule has 0 saturated heterocycles. The van der Waals surface area contributed by atoms with Gasteiger partial charge in [-0.25, -0.2) is 9.89 Å². The lowest BCUT2D eigenvalue weighted by atomic mass is 9.69. The lowest BCUT2D eigenvalue weighted by Gasteiger charge is -2.41. The number of Topliss-reactive ketones (excluding diaryl/α,β-unsaturated/α-hetero) is 1. The predicted molar refractivity (Wildman–Crippen MR) is 137 cm³/mol. The number of ketones is 1. The maximum Gasteiger partial charge on any atom is 0.328 e. The van der Waals surface area contributed by atoms with Gasteiger partial charge in [0, 0.05) is 29.9 Å². The molecule has 1 aliphatic heterocycles. The summed E-state index contributed by atoms with van der Waals surface area (Å²) in [6, 6.07) is 8.01. The lowest BCUT2D eigenvalue weighted by Crippen LogP contribution is -2.45. The highest BCUT2D eigenvalue weighted by atomic mass is 16.2. The number of aromatic amines is 1. The van der Waals surface area contributed by atoms with Crippen LogP contribution in [0.25, 0.3) is 11.4 Å². The molecule has 1 aliphatic carbocycles. The molecule has 3 heterocycles. The van der Waals surface area contributed by atoms with Gasteiger partial charge in [-0.3, -0.25) is 13.9 Å². The van der Waals surface area contributed by atoms with E-state index >= 15 is 0 Å². The van der Waals surface area contributed by atoms with E-state index < -0.39 is 5.41 Å². The summed E-state index contributed by atoms with van der Waals surface area (Å²) in [5.41, 5.74) is 2.33. The third-order valence-corrected chi connectivity index (χ3v) is 7.73. The van der Waals surface area contributed by atoms with Gasteiger partial charge in [0.25, 0.3) is 0 Å². The van der Waals surface area contributed by atoms with Gasteiger partial charge >= 0.3 is 5.69 Å². The summed E-state index contributed by atoms with van der Waals surface area (Å²) in [6.07, 6.45) is 13.7. The Morgan fingerprint density at radius 2 is 2.06 bits per heavy atom. The van der Waals surface area contributed by atoms with E-state index in [9.17, 15) is 9.59 Å². The number of tetrazole rings is 1. The number of imidazole rings is 1. The number of aromatic nitrogens is 6. The van der Waals surface area contributed by atoms with Gasteiger partial charge in [0.05, 0.1) is 11.5 Å². The van der Waals surface area contributed by atoms with Crippen molar-refractivity contribution in [3.63, 3.8) is 0 Å². The number of nitrogens with one attached hydrogen (secondary N) is 2. The Kier molecular flexibility index (Phi) is 6.47. The van der Waals surface area contributed by atoms with E-state index in [4.69, 9.17) is 0 Å². The second kappa shape index (κ2) is 9.72. The molecule has 2 aliphatic rings. The molecule has 36 heavy (non-hydrogen) atoms. The fourth-order valence-electron chi connectivity index (χ4n) is 5.64. The molecule has 3 aromatic rings. The highest BCUT2D eigenvalue weighted by Crippen LogP contribution is 2.44. The first kappa shape index (κ1) is 24.0. The second-order valence-electron chi connectivity index (χ2n) is 10.1. The maximum atomic E-state index is 13.9. The molecule has 1 saturated carbocycles. The van der Waals surface area contributed by atoms with Crippen LogP contribution in [0.15, 0.2) is 59.8 Å². The predicted octanol–water partition coefficient (Wildman–Crippen LogP) is 3.53. The van der Waals surface area contributed by atoms with E-state index in [1.165, 1.54) is 0 Å². The van der Waals surface area contributed by atoms with Crippen LogP contribution in [0.4, 0.5) is 0 Å². The Balaban J connectivity index is 1.58. The van der Waals surface area contributed by atoms with Gasteiger partial charge in [0.2, 0.25) is 0 Å². The van der Waals surface area contributed by atoms with Crippen molar-refractivity contribution in [2.75, 3.05) is 0 Å². The lowest BCUT2D eigenvalue weighted by molar-refractivity contribution is -0.127. The third-order valence-electron chi connectivity index (χ3n) is 7.73. The van der Waals surface area contributed by atoms with Crippen molar-refractivity contribution in [2.24, 2.45) is 11.8 Å². The molecule has 3 atom stereocenters. The average molecular weight is 488 g/mol. The zero-order chi connectivity index (χ0) is 25.3. The van der Waals surface area contributed by atoms with Crippen molar-refractivity contribution >= 4 is 5.78 Å². The smallest absolute Gasteiger partial charge is 0.328 e. The zero-order valence-corrected chi connectivity index (χ0v) is 21.0. The molecule has 1 fully saturated rings. The van der Waals surface area contributed by atoms with Crippen LogP contribution in [0.1, 0.15) is 57.3 Å². The molecule has 9 nitrogen and oxygen atoms in total. The van der Waals surface area contributed by atoms with Gasteiger partial charge < -0.3 is 5.32 Å². The minimum atomic E-state index is -0.545. The van der Waals surface area contributed by atoms with Crippen LogP contribution in [-0.2, 0) is 23.2 Å². The van der Waals surface area contributed by atoms with Gasteiger partial charge in [-0.05, 0) is 66.6 Å². The summed E-state index contributed by atoms with van der Waals surface area (Å²) in [7, 11) is 0. The van der Waals surface area contributed by atoms with Crippen LogP contribution in [0.2, 0.25) is 0 Å². The van der Waals surface area contributed by atoms with Crippen molar-refractivity contribution in [1.82, 2.24) is 35.1 Å². The van der Waals surface area contributed by atoms with Gasteiger partial charge in [0.1, 0.15) is 5.78 Å². The zero-order valence-electron chi connectivity index (χ0n) is 21.0. The highest BCUT2D eigenvalue weighted by Gasteiger charge is 2.43. The van der Waals surface area contributed by atoms with E-state index in [1.807, 2.05) is 39.9 Å². The molecule has 0 radical (unpaired) electrons. The van der Waals surface area contributed by atoms with Gasteiger partial charge in [-0.2, -0.15) is 0 Å². The van der Waals surface area contributed by atoms with Crippen molar-refractivity contribution in [2.45, 2.75) is 64.5 Å². The summed E-state index contributed by atoms with van der Waals surface area (Å²) in [6.45, 7) is 6.38. The Labute approximate surface area is 210 Å². The first-order valence-electron chi connectivity index (χ1n) is 12.7. The van der Waals surface area contributed by atoms with Crippen LogP contribution in [0, 0.1) is 11.8 Å². The number of dihydropyridines is 1. The maximum absolute atomic E-state index is 13.9. The van der Waals surface area contributed by atoms with Crippen molar-refractivity contribution in [3.8, 4) is 11.4 Å². The van der Waals surface area contributed by atoms with E-state index in [-0.39, 0.29) is 23.4 Å². The van der Waals surface area contributed by atoms with E-state index in [2.05, 4.69) is 64.1 Å². The number of hydrogen-bond acceptors (Lipinski definition) is 6. The van der Waals surface area contributed by atoms with Gasteiger partial charge in [0.15, 0.2) is 5.82 Å². The number of rotatable bonds is 9. The van der Waals surface area contributed by atoms with Crippen LogP contribution < -0.4 is 11.0 Å². The molecular weight excluding hydrogens is 454 g/mol. The second-order valence-corrected chi connectivity index (χ2v) is 10.1. The monoisotopic (exact) mass is 487 g/mol. The van der Waals surface area contributed by atoms with Crippen LogP contribution in [0.3, 0.4) is 0 Å². The summed E-state index contributed by atoms with van der Waals surface area (Å²) >= 11 is 0. The quantitative estimate of drug-likeness (QED) is 0.478. The normalized spacial score (nSPS) is 22.2. The van der Waals surface area contributed by atoms with Crippen LogP contribution in [-0.4, -0.2) is 35.5 Å². The van der Waals surface area contributed by atoms with Crippen molar-refractivity contribution in [1.29, 1.82) is 0 Å². The van der Waals surface area contributed by atoms with Crippen LogP contribution >= 0.6 is 0 Å². The minimum absolute atomic E-state index is 0.0424. The minimum Gasteiger partial charge on any atom is -0.368 e. The number of hydrogen-bond donors (Lipinski definition) is 2. The Morgan fingerprint density at radius 1 is 1.25 bits per heavy atom. The summed E-state index contributed by atoms with van der Waals surface area (Å²) in [5.74, 6) is 0.959. The molecule has 2 aromatic heterocycles. The van der Waals surface area contributed by atoms with Gasteiger partial charge in [-0.15, -0.1) is 5.10 Å². The molecule has 3 unspecified atom stereocenters. The highest BCUT2D eigenvalue weighted by molar-refractivity contribution is 5.79. The first-order valence-corrected chi connectivity index (χ1v) is 12.7. The van der Waals surface area contributed by atoms with Gasteiger partial charge in [-0.1, -0.05) is 50.6 Å². The number of unbranched alkanes of at least 4 members (excludes halogenated alkanes) is 1. The molecule has 1 aromatic carbocycles. The van der Waals surface area contributed by atoms with Crippen molar-refractivity contribution in [3.05, 3.63) is 76.8 Å². The molecule has 0 amide bonds. The Morgan fingerprint density at radius 3 is 2.72 bits per heavy atom. The SMILES string of the molecule is CCCCc1cn(C2C(C)CC2C(C)=O)c(=O)n1CC1(c2cccc(-c3nnn[nH]3)c2)C=CNC=C1. The number of benzene rings is 1. The standard InChI is InChI=1S/C27H33N7O2/c1-4-5-9-22-16-33(24-18(2)14-23(24)19(3)35)26(36)34(22)17-27(10-12-28-13-11-27)21-8-6-7-20(15-21)25-29-31-32-30-25/h6-8,10-13,15-16,18,23-24,28H,4-5,9,14,17H2,1-3H3,(H,29,30,31,32). The molecule has 5 rings (SSSR count). The molecule has 2 N–H and O–H groups in total. The van der Waals surface area contributed by atoms with Crippen molar-refractivity contribution < 1.29 is 4.79 Å². The summed E-state index contributed by atoms with van der Waals surface area (Å²) < 4.78 is 3.75. The number of carbonyl (C=O) groups is 1. The number of nitrogens with zero attached hydrogens (tertiary/aromatic N) is 5. The van der Waals surface area contributed by atoms with E-state index in [1.54, 1.807) is 6.92 Å². The van der Waals surface area contributed by atoms with Crippen LogP contribution in [0.5, 0.6) is 0 Å². The topological polar surface area (TPSA) is 110 Å². The molecule has 0 spiro atoms. The molecule has 0 bridgehead atoms. The molecular formula is C27H33N7O2. The third kappa shape index (κ3) is 4.23. The first-order chi connectivity index (χ1) is 17.4.